The Morgan fingerprint density at radius 3 is 2.44 bits per heavy atom. The van der Waals surface area contributed by atoms with E-state index in [1.807, 2.05) is 0 Å². The van der Waals surface area contributed by atoms with E-state index in [1.54, 1.807) is 0 Å². The molecule has 0 aromatic carbocycles. The van der Waals surface area contributed by atoms with Crippen molar-refractivity contribution < 1.29 is 23.1 Å². The van der Waals surface area contributed by atoms with E-state index in [1.165, 1.54) is 13.8 Å². The van der Waals surface area contributed by atoms with Gasteiger partial charge in [-0.1, -0.05) is 0 Å². The van der Waals surface area contributed by atoms with Gasteiger partial charge in [-0.05, 0) is 13.8 Å². The van der Waals surface area contributed by atoms with Gasteiger partial charge >= 0.3 is 5.97 Å². The van der Waals surface area contributed by atoms with Crippen molar-refractivity contribution in [2.45, 2.75) is 36.1 Å². The minimum atomic E-state index is -3.74. The molecule has 8 heteroatoms. The van der Waals surface area contributed by atoms with E-state index in [9.17, 15) is 18.0 Å². The number of carbonyl (C=O) groups is 2. The van der Waals surface area contributed by atoms with Crippen LogP contribution in [0.3, 0.4) is 0 Å². The van der Waals surface area contributed by atoms with Crippen LogP contribution in [0.2, 0.25) is 0 Å². The number of aliphatic carboxylic acids is 1. The number of nitrogens with two attached hydrogens (primary N) is 1. The minimum Gasteiger partial charge on any atom is -0.480 e. The summed E-state index contributed by atoms with van der Waals surface area (Å²) in [6.07, 6.45) is 0. The zero-order valence-electron chi connectivity index (χ0n) is 8.75. The Morgan fingerprint density at radius 2 is 2.00 bits per heavy atom. The zero-order chi connectivity index (χ0) is 12.5. The van der Waals surface area contributed by atoms with Gasteiger partial charge in [0, 0.05) is 0 Å². The Kier molecular flexibility index (Phi) is 1.95. The minimum absolute atomic E-state index is 0.619. The van der Waals surface area contributed by atoms with Crippen molar-refractivity contribution in [2.75, 3.05) is 0 Å². The van der Waals surface area contributed by atoms with Crippen molar-refractivity contribution in [2.24, 2.45) is 5.73 Å². The van der Waals surface area contributed by atoms with Crippen molar-refractivity contribution in [3.05, 3.63) is 0 Å². The summed E-state index contributed by atoms with van der Waals surface area (Å²) in [5.41, 5.74) is 5.40. The SMILES string of the molecule is CC1(C)C(C(=O)O)N2C(=O)C(N)[C@H]2S1(=O)=O. The zero-order valence-corrected chi connectivity index (χ0v) is 9.56. The third-order valence-electron chi connectivity index (χ3n) is 3.34. The summed E-state index contributed by atoms with van der Waals surface area (Å²) < 4.78 is 22.5. The van der Waals surface area contributed by atoms with Gasteiger partial charge < -0.3 is 15.7 Å². The first-order valence-corrected chi connectivity index (χ1v) is 6.22. The maximum Gasteiger partial charge on any atom is 0.328 e. The van der Waals surface area contributed by atoms with Gasteiger partial charge in [-0.25, -0.2) is 13.2 Å². The maximum absolute atomic E-state index is 12.0. The van der Waals surface area contributed by atoms with Gasteiger partial charge in [0.2, 0.25) is 5.91 Å². The highest BCUT2D eigenvalue weighted by molar-refractivity contribution is 7.94. The number of fused-ring (bicyclic) bond motifs is 1. The quantitative estimate of drug-likeness (QED) is 0.525. The van der Waals surface area contributed by atoms with E-state index in [4.69, 9.17) is 10.8 Å². The fourth-order valence-corrected chi connectivity index (χ4v) is 4.52. The fraction of sp³-hybridized carbons (Fsp3) is 0.750. The Hall–Kier alpha value is -1.15. The molecule has 2 rings (SSSR count). The lowest BCUT2D eigenvalue weighted by Gasteiger charge is -2.40. The first-order valence-electron chi connectivity index (χ1n) is 4.68. The average Bonchev–Trinajstić information content (AvgIpc) is 2.28. The van der Waals surface area contributed by atoms with Crippen molar-refractivity contribution in [3.8, 4) is 0 Å². The summed E-state index contributed by atoms with van der Waals surface area (Å²) in [7, 11) is -3.74. The molecule has 3 atom stereocenters. The molecule has 0 aromatic rings. The molecule has 0 aliphatic carbocycles. The lowest BCUT2D eigenvalue weighted by Crippen LogP contribution is -2.70. The molecule has 2 aliphatic rings. The van der Waals surface area contributed by atoms with Crippen molar-refractivity contribution in [3.63, 3.8) is 0 Å². The van der Waals surface area contributed by atoms with E-state index in [0.717, 1.165) is 4.90 Å². The number of amides is 1. The molecule has 0 aromatic heterocycles. The van der Waals surface area contributed by atoms with Gasteiger partial charge in [-0.15, -0.1) is 0 Å². The predicted octanol–water partition coefficient (Wildman–Crippen LogP) is -1.86. The number of β-lactam (4-membered cyclic amide) rings is 1. The highest BCUT2D eigenvalue weighted by atomic mass is 32.2. The second kappa shape index (κ2) is 2.75. The normalized spacial score (nSPS) is 39.1. The number of nitrogens with zero attached hydrogens (tertiary/aromatic N) is 1. The summed E-state index contributed by atoms with van der Waals surface area (Å²) in [6.45, 7) is 2.61. The van der Waals surface area contributed by atoms with Gasteiger partial charge in [-0.2, -0.15) is 0 Å². The van der Waals surface area contributed by atoms with Crippen molar-refractivity contribution >= 4 is 21.7 Å². The van der Waals surface area contributed by atoms with Crippen molar-refractivity contribution in [1.82, 2.24) is 4.90 Å². The molecule has 2 unspecified atom stereocenters. The number of carboxylic acids is 1. The molecule has 0 saturated carbocycles. The Morgan fingerprint density at radius 1 is 1.50 bits per heavy atom. The van der Waals surface area contributed by atoms with Gasteiger partial charge in [0.25, 0.3) is 0 Å². The van der Waals surface area contributed by atoms with E-state index in [-0.39, 0.29) is 0 Å². The van der Waals surface area contributed by atoms with Gasteiger partial charge in [0.05, 0.1) is 0 Å². The van der Waals surface area contributed by atoms with Crippen LogP contribution in [0.4, 0.5) is 0 Å². The lowest BCUT2D eigenvalue weighted by atomic mass is 9.96. The molecule has 16 heavy (non-hydrogen) atoms. The standard InChI is InChI=1S/C8H12N2O5S/c1-8(2)4(7(12)13)10-5(11)3(9)6(10)16(8,14)15/h3-4,6H,9H2,1-2H3,(H,12,13)/t3?,4?,6-/m1/s1. The molecule has 0 bridgehead atoms. The summed E-state index contributed by atoms with van der Waals surface area (Å²) in [5.74, 6) is -1.94. The number of sulfone groups is 1. The smallest absolute Gasteiger partial charge is 0.328 e. The second-order valence-electron chi connectivity index (χ2n) is 4.55. The molecule has 90 valence electrons. The summed E-state index contributed by atoms with van der Waals surface area (Å²) in [5, 5.41) is 7.82. The number of carboxylic acid groups (broad SMARTS) is 1. The first kappa shape index (κ1) is 11.3. The summed E-state index contributed by atoms with van der Waals surface area (Å²) >= 11 is 0. The van der Waals surface area contributed by atoms with Crippen LogP contribution < -0.4 is 5.73 Å². The molecule has 7 nitrogen and oxygen atoms in total. The number of hydrogen-bond donors (Lipinski definition) is 2. The molecule has 2 saturated heterocycles. The Bertz CT molecular complexity index is 483. The Balaban J connectivity index is 2.60. The van der Waals surface area contributed by atoms with Crippen LogP contribution >= 0.6 is 0 Å². The fourth-order valence-electron chi connectivity index (χ4n) is 2.35. The van der Waals surface area contributed by atoms with Gasteiger partial charge in [0.15, 0.2) is 15.2 Å². The molecule has 3 N–H and O–H groups in total. The van der Waals surface area contributed by atoms with E-state index in [0.29, 0.717) is 0 Å². The van der Waals surface area contributed by atoms with Gasteiger partial charge in [-0.3, -0.25) is 4.79 Å². The third kappa shape index (κ3) is 0.938. The summed E-state index contributed by atoms with van der Waals surface area (Å²) in [4.78, 5) is 23.3. The molecule has 0 spiro atoms. The van der Waals surface area contributed by atoms with Crippen LogP contribution in [0, 0.1) is 0 Å². The van der Waals surface area contributed by atoms with E-state index in [2.05, 4.69) is 0 Å². The second-order valence-corrected chi connectivity index (χ2v) is 7.18. The highest BCUT2D eigenvalue weighted by Gasteiger charge is 2.71. The predicted molar refractivity (Wildman–Crippen MR) is 53.0 cm³/mol. The van der Waals surface area contributed by atoms with Crippen LogP contribution in [-0.2, 0) is 19.4 Å². The lowest BCUT2D eigenvalue weighted by molar-refractivity contribution is -0.159. The molecule has 2 fully saturated rings. The molecule has 1 amide bonds. The monoisotopic (exact) mass is 248 g/mol. The number of hydrogen-bond acceptors (Lipinski definition) is 5. The van der Waals surface area contributed by atoms with Crippen LogP contribution in [0.5, 0.6) is 0 Å². The van der Waals surface area contributed by atoms with Gasteiger partial charge in [0.1, 0.15) is 16.8 Å². The van der Waals surface area contributed by atoms with Crippen molar-refractivity contribution in [1.29, 1.82) is 0 Å². The van der Waals surface area contributed by atoms with Crippen LogP contribution in [0.15, 0.2) is 0 Å². The molecular formula is C8H12N2O5S. The molecule has 2 aliphatic heterocycles. The first-order chi connectivity index (χ1) is 7.14. The molecule has 0 radical (unpaired) electrons. The van der Waals surface area contributed by atoms with Crippen LogP contribution in [0.1, 0.15) is 13.8 Å². The maximum atomic E-state index is 12.0. The molecular weight excluding hydrogens is 236 g/mol. The largest absolute Gasteiger partial charge is 0.480 e. The topological polar surface area (TPSA) is 118 Å². The van der Waals surface area contributed by atoms with Crippen LogP contribution in [-0.4, -0.2) is 52.5 Å². The highest BCUT2D eigenvalue weighted by Crippen LogP contribution is 2.45. The number of rotatable bonds is 1. The Labute approximate surface area is 92.1 Å². The van der Waals surface area contributed by atoms with E-state index < -0.39 is 43.9 Å². The summed E-state index contributed by atoms with van der Waals surface area (Å²) in [6, 6.07) is -2.48. The number of carbonyl (C=O) groups excluding carboxylic acids is 1. The van der Waals surface area contributed by atoms with E-state index >= 15 is 0 Å². The average molecular weight is 248 g/mol. The van der Waals surface area contributed by atoms with Crippen LogP contribution in [0.25, 0.3) is 0 Å². The molecule has 2 heterocycles. The third-order valence-corrected chi connectivity index (χ3v) is 6.19.